The Morgan fingerprint density at radius 1 is 0.941 bits per heavy atom. The van der Waals surface area contributed by atoms with E-state index >= 15 is 0 Å². The van der Waals surface area contributed by atoms with Gasteiger partial charge in [-0.25, -0.2) is 0 Å². The fraction of sp³-hybridized carbons (Fsp3) is 0.250. The van der Waals surface area contributed by atoms with E-state index in [4.69, 9.17) is 12.2 Å². The molecule has 6 heteroatoms. The highest BCUT2D eigenvalue weighted by atomic mass is 32.1. The number of carbonyl (C=O) groups excluding carboxylic acids is 2. The normalized spacial score (nSPS) is 15.4. The van der Waals surface area contributed by atoms with Gasteiger partial charge < -0.3 is 4.57 Å². The first-order chi connectivity index (χ1) is 16.1. The summed E-state index contributed by atoms with van der Waals surface area (Å²) in [6.45, 7) is 12.4. The molecule has 0 unspecified atom stereocenters. The molecular formula is C28H29N3O2S. The van der Waals surface area contributed by atoms with Gasteiger partial charge in [0.25, 0.3) is 11.8 Å². The summed E-state index contributed by atoms with van der Waals surface area (Å²) < 4.78 is 2.15. The lowest BCUT2D eigenvalue weighted by atomic mass is 10.0. The van der Waals surface area contributed by atoms with Gasteiger partial charge in [0, 0.05) is 17.1 Å². The molecule has 34 heavy (non-hydrogen) atoms. The molecule has 1 aliphatic rings. The maximum Gasteiger partial charge on any atom is 0.270 e. The second-order valence-electron chi connectivity index (χ2n) is 9.16. The Bertz CT molecular complexity index is 1350. The molecule has 0 atom stereocenters. The van der Waals surface area contributed by atoms with Crippen molar-refractivity contribution in [3.63, 3.8) is 0 Å². The predicted molar refractivity (Wildman–Crippen MR) is 141 cm³/mol. The van der Waals surface area contributed by atoms with Crippen LogP contribution < -0.4 is 10.2 Å². The zero-order valence-electron chi connectivity index (χ0n) is 20.4. The number of rotatable bonds is 4. The minimum Gasteiger partial charge on any atom is -0.318 e. The number of anilines is 1. The van der Waals surface area contributed by atoms with Crippen LogP contribution in [-0.2, 0) is 9.59 Å². The van der Waals surface area contributed by atoms with Crippen LogP contribution >= 0.6 is 12.2 Å². The fourth-order valence-electron chi connectivity index (χ4n) is 4.42. The topological polar surface area (TPSA) is 54.3 Å². The number of thiocarbonyl (C=S) groups is 1. The number of hydrogen-bond donors (Lipinski definition) is 1. The maximum atomic E-state index is 13.4. The number of nitrogens with one attached hydrogen (secondary N) is 1. The molecule has 1 fully saturated rings. The van der Waals surface area contributed by atoms with Crippen LogP contribution in [0.15, 0.2) is 54.1 Å². The van der Waals surface area contributed by atoms with Crippen molar-refractivity contribution in [2.75, 3.05) is 4.90 Å². The third-order valence-corrected chi connectivity index (χ3v) is 6.57. The van der Waals surface area contributed by atoms with Gasteiger partial charge in [0.1, 0.15) is 5.57 Å². The van der Waals surface area contributed by atoms with Gasteiger partial charge in [-0.05, 0) is 92.9 Å². The standard InChI is InChI=1S/C28H29N3O2S/c1-16(2)21-8-10-23(11-9-21)31-27(33)24(26(32)29-28(31)34)15-22-14-19(5)30(20(22)6)25-12-7-17(3)13-18(25)4/h7-16H,1-6H3,(H,29,32,34)/b24-15+. The molecule has 174 valence electrons. The number of carbonyl (C=O) groups is 2. The summed E-state index contributed by atoms with van der Waals surface area (Å²) >= 11 is 5.35. The van der Waals surface area contributed by atoms with E-state index in [0.29, 0.717) is 11.6 Å². The zero-order chi connectivity index (χ0) is 24.7. The molecule has 4 rings (SSSR count). The summed E-state index contributed by atoms with van der Waals surface area (Å²) in [7, 11) is 0. The van der Waals surface area contributed by atoms with Crippen molar-refractivity contribution in [2.24, 2.45) is 0 Å². The van der Waals surface area contributed by atoms with E-state index in [1.165, 1.54) is 10.5 Å². The van der Waals surface area contributed by atoms with E-state index < -0.39 is 11.8 Å². The van der Waals surface area contributed by atoms with Crippen LogP contribution in [0.25, 0.3) is 11.8 Å². The van der Waals surface area contributed by atoms with Crippen LogP contribution in [0.5, 0.6) is 0 Å². The largest absolute Gasteiger partial charge is 0.318 e. The van der Waals surface area contributed by atoms with E-state index in [9.17, 15) is 9.59 Å². The Labute approximate surface area is 206 Å². The number of benzene rings is 2. The van der Waals surface area contributed by atoms with E-state index in [0.717, 1.165) is 33.8 Å². The molecule has 2 aromatic carbocycles. The van der Waals surface area contributed by atoms with Gasteiger partial charge in [-0.3, -0.25) is 19.8 Å². The average Bonchev–Trinajstić information content (AvgIpc) is 3.04. The van der Waals surface area contributed by atoms with Gasteiger partial charge in [0.05, 0.1) is 5.69 Å². The van der Waals surface area contributed by atoms with Crippen molar-refractivity contribution >= 4 is 40.9 Å². The lowest BCUT2D eigenvalue weighted by Crippen LogP contribution is -2.54. The molecule has 2 amide bonds. The first-order valence-electron chi connectivity index (χ1n) is 11.4. The minimum atomic E-state index is -0.485. The van der Waals surface area contributed by atoms with Crippen LogP contribution in [0.2, 0.25) is 0 Å². The monoisotopic (exact) mass is 471 g/mol. The third kappa shape index (κ3) is 4.21. The van der Waals surface area contributed by atoms with Crippen molar-refractivity contribution < 1.29 is 9.59 Å². The second-order valence-corrected chi connectivity index (χ2v) is 9.54. The SMILES string of the molecule is Cc1ccc(-n2c(C)cc(/C=C3\C(=O)NC(=S)N(c4ccc(C(C)C)cc4)C3=O)c2C)c(C)c1. The fourth-order valence-corrected chi connectivity index (χ4v) is 4.70. The molecule has 0 spiro atoms. The first kappa shape index (κ1) is 23.6. The van der Waals surface area contributed by atoms with Gasteiger partial charge in [0.15, 0.2) is 5.11 Å². The van der Waals surface area contributed by atoms with Gasteiger partial charge in [-0.2, -0.15) is 0 Å². The quantitative estimate of drug-likeness (QED) is 0.303. The third-order valence-electron chi connectivity index (χ3n) is 6.28. The molecule has 1 N–H and O–H groups in total. The number of aromatic nitrogens is 1. The average molecular weight is 472 g/mol. The molecule has 0 radical (unpaired) electrons. The van der Waals surface area contributed by atoms with Crippen LogP contribution in [0.4, 0.5) is 5.69 Å². The van der Waals surface area contributed by atoms with Crippen LogP contribution in [0.1, 0.15) is 53.4 Å². The lowest BCUT2D eigenvalue weighted by molar-refractivity contribution is -0.122. The first-order valence-corrected chi connectivity index (χ1v) is 11.8. The Morgan fingerprint density at radius 3 is 2.24 bits per heavy atom. The van der Waals surface area contributed by atoms with Crippen LogP contribution in [0.3, 0.4) is 0 Å². The van der Waals surface area contributed by atoms with Crippen LogP contribution in [-0.4, -0.2) is 21.5 Å². The number of aryl methyl sites for hydroxylation is 3. The maximum absolute atomic E-state index is 13.4. The smallest absolute Gasteiger partial charge is 0.270 e. The van der Waals surface area contributed by atoms with E-state index in [1.807, 2.05) is 44.2 Å². The van der Waals surface area contributed by atoms with Crippen molar-refractivity contribution in [3.05, 3.63) is 87.7 Å². The molecular weight excluding hydrogens is 442 g/mol. The van der Waals surface area contributed by atoms with E-state index in [1.54, 1.807) is 6.08 Å². The van der Waals surface area contributed by atoms with E-state index in [2.05, 4.69) is 55.8 Å². The van der Waals surface area contributed by atoms with Gasteiger partial charge in [0.2, 0.25) is 0 Å². The summed E-state index contributed by atoms with van der Waals surface area (Å²) in [5, 5.41) is 2.76. The molecule has 2 heterocycles. The van der Waals surface area contributed by atoms with Gasteiger partial charge in [-0.1, -0.05) is 43.7 Å². The summed E-state index contributed by atoms with van der Waals surface area (Å²) in [5.74, 6) is -0.538. The highest BCUT2D eigenvalue weighted by Crippen LogP contribution is 2.28. The Balaban J connectivity index is 1.74. The summed E-state index contributed by atoms with van der Waals surface area (Å²) in [5.41, 5.74) is 8.10. The lowest BCUT2D eigenvalue weighted by Gasteiger charge is -2.29. The van der Waals surface area contributed by atoms with Gasteiger partial charge in [-0.15, -0.1) is 0 Å². The van der Waals surface area contributed by atoms with Crippen LogP contribution in [0, 0.1) is 27.7 Å². The highest BCUT2D eigenvalue weighted by molar-refractivity contribution is 7.80. The Morgan fingerprint density at radius 2 is 1.62 bits per heavy atom. The molecule has 5 nitrogen and oxygen atoms in total. The molecule has 0 bridgehead atoms. The molecule has 0 saturated carbocycles. The molecule has 1 aliphatic heterocycles. The van der Waals surface area contributed by atoms with E-state index in [-0.39, 0.29) is 10.7 Å². The number of amides is 2. The molecule has 3 aromatic rings. The Hall–Kier alpha value is -3.51. The van der Waals surface area contributed by atoms with Gasteiger partial charge >= 0.3 is 0 Å². The molecule has 1 saturated heterocycles. The zero-order valence-corrected chi connectivity index (χ0v) is 21.2. The van der Waals surface area contributed by atoms with Crippen molar-refractivity contribution in [1.29, 1.82) is 0 Å². The summed E-state index contributed by atoms with van der Waals surface area (Å²) in [6, 6.07) is 16.0. The molecule has 1 aromatic heterocycles. The number of hydrogen-bond acceptors (Lipinski definition) is 3. The Kier molecular flexibility index (Phi) is 6.28. The number of nitrogens with zero attached hydrogens (tertiary/aromatic N) is 2. The minimum absolute atomic E-state index is 0.0578. The van der Waals surface area contributed by atoms with Crippen molar-refractivity contribution in [3.8, 4) is 5.69 Å². The highest BCUT2D eigenvalue weighted by Gasteiger charge is 2.34. The van der Waals surface area contributed by atoms with Crippen molar-refractivity contribution in [1.82, 2.24) is 9.88 Å². The summed E-state index contributed by atoms with van der Waals surface area (Å²) in [4.78, 5) is 27.6. The summed E-state index contributed by atoms with van der Waals surface area (Å²) in [6.07, 6.45) is 1.66. The second kappa shape index (κ2) is 9.03. The predicted octanol–water partition coefficient (Wildman–Crippen LogP) is 5.67. The van der Waals surface area contributed by atoms with Crippen molar-refractivity contribution in [2.45, 2.75) is 47.5 Å². The molecule has 0 aliphatic carbocycles.